The Morgan fingerprint density at radius 3 is 1.55 bits per heavy atom. The Bertz CT molecular complexity index is 1150. The number of anilines is 2. The maximum absolute atomic E-state index is 11.6. The van der Waals surface area contributed by atoms with Gasteiger partial charge in [0.25, 0.3) is 0 Å². The third-order valence-corrected chi connectivity index (χ3v) is 4.02. The number of nitrogen functional groups attached to an aromatic ring is 1. The van der Waals surface area contributed by atoms with Gasteiger partial charge < -0.3 is 44.6 Å². The number of esters is 4. The lowest BCUT2D eigenvalue weighted by Gasteiger charge is -2.12. The van der Waals surface area contributed by atoms with Gasteiger partial charge in [-0.1, -0.05) is 39.1 Å². The predicted octanol–water partition coefficient (Wildman–Crippen LogP) is 2.83. The summed E-state index contributed by atoms with van der Waals surface area (Å²) >= 11 is 0. The Labute approximate surface area is 247 Å². The normalized spacial score (nSPS) is 8.52. The lowest BCUT2D eigenvalue weighted by atomic mass is 10.2. The number of para-hydroxylation sites is 4. The summed E-state index contributed by atoms with van der Waals surface area (Å²) in [6.07, 6.45) is 1.01. The van der Waals surface area contributed by atoms with Crippen molar-refractivity contribution < 1.29 is 52.7 Å². The van der Waals surface area contributed by atoms with Gasteiger partial charge in [0.2, 0.25) is 0 Å². The van der Waals surface area contributed by atoms with Gasteiger partial charge >= 0.3 is 23.9 Å². The first-order valence-electron chi connectivity index (χ1n) is 11.0. The predicted molar refractivity (Wildman–Crippen MR) is 160 cm³/mol. The summed E-state index contributed by atoms with van der Waals surface area (Å²) in [6, 6.07) is 14.4. The summed E-state index contributed by atoms with van der Waals surface area (Å²) in [7, 11) is 8.89. The number of rotatable bonds is 6. The topological polar surface area (TPSA) is 182 Å². The summed E-state index contributed by atoms with van der Waals surface area (Å²) in [4.78, 5) is 43.2. The fourth-order valence-electron chi connectivity index (χ4n) is 2.20. The molecule has 0 aliphatic carbocycles. The first-order chi connectivity index (χ1) is 19.2. The van der Waals surface area contributed by atoms with E-state index in [-0.39, 0.29) is 20.6 Å². The van der Waals surface area contributed by atoms with Crippen molar-refractivity contribution >= 4 is 35.3 Å². The summed E-state index contributed by atoms with van der Waals surface area (Å²) in [6.45, 7) is 0. The van der Waals surface area contributed by atoms with E-state index in [0.717, 1.165) is 18.9 Å². The number of aliphatic hydroxyl groups excluding tert-OH is 1. The molecule has 0 aromatic heterocycles. The lowest BCUT2D eigenvalue weighted by molar-refractivity contribution is -0.138. The molecule has 2 aromatic carbocycles. The van der Waals surface area contributed by atoms with Crippen molar-refractivity contribution in [2.45, 2.75) is 14.9 Å². The molecule has 13 nitrogen and oxygen atoms in total. The summed E-state index contributed by atoms with van der Waals surface area (Å²) in [5.74, 6) is 2.19. The second kappa shape index (κ2) is 27.4. The lowest BCUT2D eigenvalue weighted by Crippen LogP contribution is -2.15. The molecule has 2 rings (SSSR count). The van der Waals surface area contributed by atoms with Crippen LogP contribution >= 0.6 is 0 Å². The number of methoxy groups -OCH3 is 6. The molecule has 0 heterocycles. The molecule has 0 amide bonds. The first-order valence-corrected chi connectivity index (χ1v) is 11.0. The van der Waals surface area contributed by atoms with Crippen molar-refractivity contribution in [3.8, 4) is 23.3 Å². The fourth-order valence-corrected chi connectivity index (χ4v) is 2.20. The van der Waals surface area contributed by atoms with Crippen LogP contribution in [-0.4, -0.2) is 78.8 Å². The highest BCUT2D eigenvalue weighted by Gasteiger charge is 2.14. The molecular formula is C29H42N2O11. The third-order valence-electron chi connectivity index (χ3n) is 4.02. The van der Waals surface area contributed by atoms with Gasteiger partial charge in [0, 0.05) is 19.0 Å². The molecule has 13 heteroatoms. The van der Waals surface area contributed by atoms with Crippen LogP contribution in [0.3, 0.4) is 0 Å². The monoisotopic (exact) mass is 594 g/mol. The maximum atomic E-state index is 11.6. The average Bonchev–Trinajstić information content (AvgIpc) is 3.00. The van der Waals surface area contributed by atoms with Crippen LogP contribution in [0.25, 0.3) is 0 Å². The Kier molecular flexibility index (Phi) is 28.5. The van der Waals surface area contributed by atoms with E-state index in [4.69, 9.17) is 20.3 Å². The van der Waals surface area contributed by atoms with Crippen molar-refractivity contribution in [3.63, 3.8) is 0 Å². The molecule has 4 N–H and O–H groups in total. The van der Waals surface area contributed by atoms with E-state index < -0.39 is 23.9 Å². The van der Waals surface area contributed by atoms with Gasteiger partial charge in [-0.2, -0.15) is 0 Å². The molecule has 0 saturated heterocycles. The van der Waals surface area contributed by atoms with Crippen molar-refractivity contribution in [2.75, 3.05) is 60.8 Å². The molecule has 0 aliphatic heterocycles. The van der Waals surface area contributed by atoms with Gasteiger partial charge in [0.05, 0.1) is 60.1 Å². The van der Waals surface area contributed by atoms with Gasteiger partial charge in [-0.3, -0.25) is 0 Å². The van der Waals surface area contributed by atoms with E-state index >= 15 is 0 Å². The Morgan fingerprint density at radius 2 is 1.17 bits per heavy atom. The molecule has 0 bridgehead atoms. The standard InChI is InChI=1S/C13H15NO5.C7H9NO.C6H6O4.CH4O.2CH4/c1-17-11-7-5-4-6-9(11)14-10(13(16)19-3)8-12(15)18-2;1-9-7-5-3-2-4-6(7)8;1-9-5(7)3-4-6(8)10-2;1-2;;/h4-8,14H,1-3H3;2-5H,8H2,1H3;1-2H3;2H,1H3;2*1H4/b10-8+;;;;;. The Hall–Kier alpha value is -5.22. The highest BCUT2D eigenvalue weighted by molar-refractivity contribution is 5.99. The largest absolute Gasteiger partial charge is 0.495 e. The number of nitrogens with one attached hydrogen (secondary N) is 1. The van der Waals surface area contributed by atoms with E-state index in [2.05, 4.69) is 24.3 Å². The van der Waals surface area contributed by atoms with Crippen LogP contribution < -0.4 is 20.5 Å². The van der Waals surface area contributed by atoms with Gasteiger partial charge in [-0.15, -0.1) is 0 Å². The summed E-state index contributed by atoms with van der Waals surface area (Å²) < 4.78 is 27.4. The SMILES string of the molecule is C.C.CO.COC(=O)/C=C(/Nc1ccccc1OC)C(=O)OC.COC(=O)C#CC(=O)OC.COc1ccccc1N. The highest BCUT2D eigenvalue weighted by atomic mass is 16.5. The Morgan fingerprint density at radius 1 is 0.714 bits per heavy atom. The first kappa shape index (κ1) is 43.8. The van der Waals surface area contributed by atoms with Gasteiger partial charge in [0.15, 0.2) is 0 Å². The molecule has 42 heavy (non-hydrogen) atoms. The minimum absolute atomic E-state index is 0. The van der Waals surface area contributed by atoms with Crippen molar-refractivity contribution in [1.29, 1.82) is 0 Å². The third kappa shape index (κ3) is 18.9. The van der Waals surface area contributed by atoms with Crippen molar-refractivity contribution in [1.82, 2.24) is 0 Å². The number of nitrogens with two attached hydrogens (primary N) is 1. The van der Waals surface area contributed by atoms with Crippen LogP contribution in [0.1, 0.15) is 14.9 Å². The minimum atomic E-state index is -0.759. The molecule has 0 unspecified atom stereocenters. The quantitative estimate of drug-likeness (QED) is 0.111. The second-order valence-electron chi connectivity index (χ2n) is 6.37. The molecule has 0 atom stereocenters. The molecule has 234 valence electrons. The molecule has 0 fully saturated rings. The van der Waals surface area contributed by atoms with E-state index in [0.29, 0.717) is 17.1 Å². The summed E-state index contributed by atoms with van der Waals surface area (Å²) in [5.41, 5.74) is 6.68. The van der Waals surface area contributed by atoms with Crippen LogP contribution in [0.15, 0.2) is 60.3 Å². The molecule has 0 radical (unpaired) electrons. The van der Waals surface area contributed by atoms with E-state index in [9.17, 15) is 19.2 Å². The molecule has 0 spiro atoms. The molecular weight excluding hydrogens is 552 g/mol. The molecule has 0 saturated carbocycles. The zero-order chi connectivity index (χ0) is 30.9. The minimum Gasteiger partial charge on any atom is -0.495 e. The van der Waals surface area contributed by atoms with Crippen LogP contribution in [0.4, 0.5) is 11.4 Å². The number of benzene rings is 2. The number of carbonyl (C=O) groups is 4. The zero-order valence-corrected chi connectivity index (χ0v) is 23.3. The van der Waals surface area contributed by atoms with E-state index in [1.54, 1.807) is 37.4 Å². The van der Waals surface area contributed by atoms with Crippen LogP contribution in [0.2, 0.25) is 0 Å². The second-order valence-corrected chi connectivity index (χ2v) is 6.37. The smallest absolute Gasteiger partial charge is 0.384 e. The van der Waals surface area contributed by atoms with E-state index in [1.165, 1.54) is 35.5 Å². The number of aliphatic hydroxyl groups is 1. The zero-order valence-electron chi connectivity index (χ0n) is 23.3. The number of hydrogen-bond donors (Lipinski definition) is 3. The average molecular weight is 595 g/mol. The van der Waals surface area contributed by atoms with Crippen LogP contribution in [0.5, 0.6) is 11.5 Å². The fraction of sp³-hybridized carbons (Fsp3) is 0.310. The number of carbonyl (C=O) groups excluding carboxylic acids is 4. The number of ether oxygens (including phenoxy) is 6. The van der Waals surface area contributed by atoms with Gasteiger partial charge in [0.1, 0.15) is 17.2 Å². The van der Waals surface area contributed by atoms with Gasteiger partial charge in [-0.25, -0.2) is 19.2 Å². The maximum Gasteiger partial charge on any atom is 0.384 e. The van der Waals surface area contributed by atoms with Gasteiger partial charge in [-0.05, 0) is 24.3 Å². The molecule has 0 aliphatic rings. The van der Waals surface area contributed by atoms with Crippen molar-refractivity contribution in [3.05, 3.63) is 60.3 Å². The molecule has 2 aromatic rings. The Balaban J connectivity index is -0.000000267. The highest BCUT2D eigenvalue weighted by Crippen LogP contribution is 2.24. The van der Waals surface area contributed by atoms with Crippen LogP contribution in [-0.2, 0) is 38.1 Å². The van der Waals surface area contributed by atoms with Crippen molar-refractivity contribution in [2.24, 2.45) is 0 Å². The van der Waals surface area contributed by atoms with Crippen LogP contribution in [0, 0.1) is 11.8 Å². The number of hydrogen-bond acceptors (Lipinski definition) is 13. The summed E-state index contributed by atoms with van der Waals surface area (Å²) in [5, 5.41) is 9.78. The van der Waals surface area contributed by atoms with E-state index in [1.807, 2.05) is 30.0 Å².